The largest absolute Gasteiger partial charge is 0.355 e. The van der Waals surface area contributed by atoms with Crippen LogP contribution in [0.4, 0.5) is 30.6 Å². The maximum Gasteiger partial charge on any atom is 0.159 e. The van der Waals surface area contributed by atoms with Crippen molar-refractivity contribution in [3.63, 3.8) is 0 Å². The van der Waals surface area contributed by atoms with Crippen LogP contribution in [0.5, 0.6) is 0 Å². The number of aromatic nitrogens is 9. The van der Waals surface area contributed by atoms with Crippen molar-refractivity contribution in [1.29, 1.82) is 0 Å². The number of H-pyrrole nitrogens is 3. The molecule has 0 bridgehead atoms. The quantitative estimate of drug-likeness (QED) is 0.0792. The van der Waals surface area contributed by atoms with Crippen LogP contribution < -0.4 is 14.7 Å². The lowest BCUT2D eigenvalue weighted by molar-refractivity contribution is 0.248. The molecule has 0 spiro atoms. The van der Waals surface area contributed by atoms with Crippen LogP contribution >= 0.6 is 0 Å². The molecule has 15 nitrogen and oxygen atoms in total. The van der Waals surface area contributed by atoms with E-state index in [0.717, 1.165) is 175 Å². The van der Waals surface area contributed by atoms with E-state index >= 15 is 0 Å². The van der Waals surface area contributed by atoms with Gasteiger partial charge in [-0.05, 0) is 230 Å². The van der Waals surface area contributed by atoms with Gasteiger partial charge in [0, 0.05) is 92.1 Å². The lowest BCUT2D eigenvalue weighted by Crippen LogP contribution is -2.44. The van der Waals surface area contributed by atoms with Crippen molar-refractivity contribution in [3.8, 4) is 67.2 Å². The molecule has 482 valence electrons. The third-order valence-electron chi connectivity index (χ3n) is 17.4. The summed E-state index contributed by atoms with van der Waals surface area (Å²) in [5.74, 6) is 2.02. The fourth-order valence-corrected chi connectivity index (χ4v) is 12.4. The highest BCUT2D eigenvalue weighted by atomic mass is 19.1. The second kappa shape index (κ2) is 32.7. The average Bonchev–Trinajstić information content (AvgIpc) is 1.64. The highest BCUT2D eigenvalue weighted by molar-refractivity contribution is 5.91. The second-order valence-electron chi connectivity index (χ2n) is 23.4. The summed E-state index contributed by atoms with van der Waals surface area (Å²) in [5.41, 5.74) is 12.8. The van der Waals surface area contributed by atoms with Gasteiger partial charge in [0.1, 0.15) is 17.5 Å². The first-order valence-electron chi connectivity index (χ1n) is 30.7. The van der Waals surface area contributed by atoms with Crippen LogP contribution in [0, 0.1) is 17.5 Å². The summed E-state index contributed by atoms with van der Waals surface area (Å²) >= 11 is 0. The molecule has 4 aromatic carbocycles. The zero-order chi connectivity index (χ0) is 61.6. The minimum Gasteiger partial charge on any atom is -0.355 e. The number of rotatable bonds is 16. The van der Waals surface area contributed by atoms with E-state index in [9.17, 15) is 13.2 Å². The number of benzene rings is 4. The SMILES string of the molecule is C.C.C.C=CCN(c1n[nH]c(-c2ccc(F)cc2)c1-c1ccncc1)C1CCN(C)CC1.CN1CCC(N(C)c2n[nH]c(-c3ccc(F)cc3)c2-c2ccncc2)CC1.CN1CCC(N(Cc2ccccc2)c2n[nH]c(-c3ccc(F)cc3)c2-c2ccncc2)CC1. The molecule has 0 unspecified atom stereocenters. The van der Waals surface area contributed by atoms with Gasteiger partial charge in [0.2, 0.25) is 0 Å². The van der Waals surface area contributed by atoms with Gasteiger partial charge in [0.25, 0.3) is 0 Å². The molecule has 3 N–H and O–H groups in total. The lowest BCUT2D eigenvalue weighted by Gasteiger charge is -2.38. The highest BCUT2D eigenvalue weighted by Crippen LogP contribution is 2.43. The third-order valence-corrected chi connectivity index (χ3v) is 17.4. The number of halogens is 3. The Labute approximate surface area is 542 Å². The fourth-order valence-electron chi connectivity index (χ4n) is 12.4. The van der Waals surface area contributed by atoms with Crippen molar-refractivity contribution >= 4 is 17.5 Å². The number of aromatic amines is 3. The van der Waals surface area contributed by atoms with E-state index in [0.29, 0.717) is 18.1 Å². The van der Waals surface area contributed by atoms with E-state index in [1.807, 2.05) is 48.5 Å². The van der Waals surface area contributed by atoms with E-state index in [1.165, 1.54) is 42.0 Å². The van der Waals surface area contributed by atoms with E-state index in [2.05, 4.69) is 124 Å². The van der Waals surface area contributed by atoms with Crippen LogP contribution in [0.25, 0.3) is 67.2 Å². The van der Waals surface area contributed by atoms with Crippen LogP contribution in [0.3, 0.4) is 0 Å². The third kappa shape index (κ3) is 16.4. The lowest BCUT2D eigenvalue weighted by atomic mass is 9.98. The molecular weight excluding hydrogens is 1160 g/mol. The predicted molar refractivity (Wildman–Crippen MR) is 372 cm³/mol. The average molecular weight is 1250 g/mol. The minimum absolute atomic E-state index is 0. The zero-order valence-electron chi connectivity index (χ0n) is 51.2. The molecule has 3 saturated heterocycles. The summed E-state index contributed by atoms with van der Waals surface area (Å²) < 4.78 is 40.5. The molecule has 0 radical (unpaired) electrons. The first kappa shape index (κ1) is 68.7. The number of nitrogens with zero attached hydrogens (tertiary/aromatic N) is 12. The van der Waals surface area contributed by atoms with Gasteiger partial charge >= 0.3 is 0 Å². The van der Waals surface area contributed by atoms with Crippen LogP contribution in [0.1, 0.15) is 66.4 Å². The van der Waals surface area contributed by atoms with Gasteiger partial charge in [0.15, 0.2) is 17.5 Å². The fraction of sp³-hybridized carbons (Fsp3) is 0.324. The molecule has 3 aliphatic rings. The van der Waals surface area contributed by atoms with E-state index < -0.39 is 0 Å². The Morgan fingerprint density at radius 3 is 1.10 bits per heavy atom. The molecule has 6 aromatic heterocycles. The van der Waals surface area contributed by atoms with Gasteiger partial charge in [-0.1, -0.05) is 58.7 Å². The number of hydrogen-bond acceptors (Lipinski definition) is 12. The van der Waals surface area contributed by atoms with Crippen molar-refractivity contribution in [1.82, 2.24) is 60.2 Å². The number of anilines is 3. The number of piperidine rings is 3. The standard InChI is InChI=1S/C27H28FN5.C23H26FN5.C21H24FN5.3CH4/c1-32-17-13-24(14-18-32)33(19-20-5-3-2-4-6-20)27-25(21-11-15-29-16-12-21)26(30-31-27)22-7-9-23(28)10-8-22;1-3-14-29(20-10-15-28(2)16-11-20)23-21(17-8-12-25-13-9-17)22(26-27-23)18-4-6-19(24)7-5-18;1-26-13-9-18(10-14-26)27(2)21-19(15-7-11-23-12-8-15)20(24-25-21)16-3-5-17(22)6-4-16;;;/h2-12,15-16,24H,13-14,17-19H2,1H3,(H,30,31);3-9,12-13,20H,1,10-11,14-16H2,2H3,(H,26,27);3-8,11-12,18H,9-10,13-14H2,1-2H3,(H,24,25);3*1H4. The Balaban J connectivity index is 0.000000176. The highest BCUT2D eigenvalue weighted by Gasteiger charge is 2.32. The van der Waals surface area contributed by atoms with Crippen molar-refractivity contribution in [2.45, 2.75) is 85.5 Å². The monoisotopic (exact) mass is 1250 g/mol. The molecule has 3 aliphatic heterocycles. The predicted octanol–water partition coefficient (Wildman–Crippen LogP) is 15.5. The Bertz CT molecular complexity index is 3780. The second-order valence-corrected chi connectivity index (χ2v) is 23.4. The summed E-state index contributed by atoms with van der Waals surface area (Å²) in [6.07, 6.45) is 19.2. The van der Waals surface area contributed by atoms with Crippen molar-refractivity contribution in [2.24, 2.45) is 0 Å². The number of hydrogen-bond donors (Lipinski definition) is 3. The summed E-state index contributed by atoms with van der Waals surface area (Å²) in [6, 6.07) is 43.4. The molecular formula is C74H90F3N15. The van der Waals surface area contributed by atoms with Crippen molar-refractivity contribution < 1.29 is 13.2 Å². The molecule has 13 rings (SSSR count). The maximum atomic E-state index is 13.6. The summed E-state index contributed by atoms with van der Waals surface area (Å²) in [4.78, 5) is 26.7. The Morgan fingerprint density at radius 2 is 0.739 bits per heavy atom. The van der Waals surface area contributed by atoms with Gasteiger partial charge < -0.3 is 29.4 Å². The Hall–Kier alpha value is -9.23. The van der Waals surface area contributed by atoms with Crippen LogP contribution in [0.2, 0.25) is 0 Å². The molecule has 92 heavy (non-hydrogen) atoms. The van der Waals surface area contributed by atoms with Crippen LogP contribution in [-0.4, -0.2) is 152 Å². The van der Waals surface area contributed by atoms with Crippen molar-refractivity contribution in [3.05, 3.63) is 212 Å². The first-order valence-corrected chi connectivity index (χ1v) is 30.7. The molecule has 0 amide bonds. The van der Waals surface area contributed by atoms with Gasteiger partial charge in [-0.2, -0.15) is 15.3 Å². The summed E-state index contributed by atoms with van der Waals surface area (Å²) in [6.45, 7) is 11.9. The minimum atomic E-state index is -0.251. The van der Waals surface area contributed by atoms with E-state index in [4.69, 9.17) is 10.2 Å². The molecule has 3 fully saturated rings. The van der Waals surface area contributed by atoms with Gasteiger partial charge in [-0.3, -0.25) is 30.2 Å². The topological polar surface area (TPSA) is 144 Å². The molecule has 0 saturated carbocycles. The number of likely N-dealkylation sites (tertiary alicyclic amines) is 3. The molecule has 0 atom stereocenters. The van der Waals surface area contributed by atoms with Crippen LogP contribution in [-0.2, 0) is 6.54 Å². The van der Waals surface area contributed by atoms with Gasteiger partial charge in [-0.25, -0.2) is 13.2 Å². The molecule has 0 aliphatic carbocycles. The number of pyridine rings is 3. The first-order chi connectivity index (χ1) is 43.5. The zero-order valence-corrected chi connectivity index (χ0v) is 51.2. The Kier molecular flexibility index (Phi) is 24.4. The summed E-state index contributed by atoms with van der Waals surface area (Å²) in [5, 5.41) is 23.9. The smallest absolute Gasteiger partial charge is 0.159 e. The summed E-state index contributed by atoms with van der Waals surface area (Å²) in [7, 11) is 8.63. The van der Waals surface area contributed by atoms with Crippen molar-refractivity contribution in [2.75, 3.05) is 88.7 Å². The van der Waals surface area contributed by atoms with Crippen LogP contribution in [0.15, 0.2) is 189 Å². The van der Waals surface area contributed by atoms with E-state index in [1.54, 1.807) is 73.6 Å². The van der Waals surface area contributed by atoms with Gasteiger partial charge in [0.05, 0.1) is 33.8 Å². The molecule has 9 heterocycles. The maximum absolute atomic E-state index is 13.6. The van der Waals surface area contributed by atoms with E-state index in [-0.39, 0.29) is 39.7 Å². The van der Waals surface area contributed by atoms with Gasteiger partial charge in [-0.15, -0.1) is 6.58 Å². The number of nitrogens with one attached hydrogen (secondary N) is 3. The Morgan fingerprint density at radius 1 is 0.424 bits per heavy atom. The molecule has 18 heteroatoms. The normalized spacial score (nSPS) is 14.9. The molecule has 10 aromatic rings.